The Morgan fingerprint density at radius 2 is 1.84 bits per heavy atom. The second-order valence-electron chi connectivity index (χ2n) is 8.70. The van der Waals surface area contributed by atoms with Crippen molar-refractivity contribution in [3.8, 4) is 0 Å². The molecular formula is C20H31NO4. The summed E-state index contributed by atoms with van der Waals surface area (Å²) in [6.07, 6.45) is 8.11. The number of amides is 1. The molecule has 2 unspecified atom stereocenters. The maximum absolute atomic E-state index is 12.8. The minimum atomic E-state index is -0.589. The van der Waals surface area contributed by atoms with Gasteiger partial charge in [0.2, 0.25) is 5.91 Å². The number of aliphatic hydroxyl groups is 1. The third kappa shape index (κ3) is 4.08. The van der Waals surface area contributed by atoms with Gasteiger partial charge < -0.3 is 15.2 Å². The summed E-state index contributed by atoms with van der Waals surface area (Å²) < 4.78 is 5.05. The highest BCUT2D eigenvalue weighted by atomic mass is 16.5. The van der Waals surface area contributed by atoms with Crippen LogP contribution in [0.1, 0.15) is 64.7 Å². The molecule has 4 aliphatic carbocycles. The van der Waals surface area contributed by atoms with Gasteiger partial charge in [0.25, 0.3) is 0 Å². The first-order valence-electron chi connectivity index (χ1n) is 9.65. The maximum Gasteiger partial charge on any atom is 0.333 e. The molecule has 5 heteroatoms. The number of carbonyl (C=O) groups is 2. The van der Waals surface area contributed by atoms with Gasteiger partial charge in [-0.2, -0.15) is 0 Å². The minimum absolute atomic E-state index is 0.147. The van der Waals surface area contributed by atoms with Crippen LogP contribution >= 0.6 is 0 Å². The van der Waals surface area contributed by atoms with Crippen LogP contribution in [0.3, 0.4) is 0 Å². The molecular weight excluding hydrogens is 318 g/mol. The molecule has 0 radical (unpaired) electrons. The summed E-state index contributed by atoms with van der Waals surface area (Å²) in [5.41, 5.74) is -0.491. The Bertz CT molecular complexity index is 542. The molecule has 2 atom stereocenters. The standard InChI is InChI=1S/C20H31NO4/c1-14(2)17(22)25-7-5-3-4-6-21-18(23)19-9-15-8-16(10-19)12-20(24,11-15)13-19/h15-16,24H,1,3-13H2,2H3,(H,21,23). The van der Waals surface area contributed by atoms with Gasteiger partial charge in [-0.1, -0.05) is 6.58 Å². The Morgan fingerprint density at radius 3 is 2.44 bits per heavy atom. The fourth-order valence-electron chi connectivity index (χ4n) is 5.56. The van der Waals surface area contributed by atoms with Gasteiger partial charge in [-0.25, -0.2) is 4.79 Å². The van der Waals surface area contributed by atoms with Crippen LogP contribution in [-0.2, 0) is 14.3 Å². The number of ether oxygens (including phenoxy) is 1. The predicted octanol–water partition coefficient (Wildman–Crippen LogP) is 2.72. The van der Waals surface area contributed by atoms with Crippen molar-refractivity contribution in [3.05, 3.63) is 12.2 Å². The van der Waals surface area contributed by atoms with E-state index in [9.17, 15) is 14.7 Å². The van der Waals surface area contributed by atoms with E-state index in [4.69, 9.17) is 4.74 Å². The van der Waals surface area contributed by atoms with Crippen molar-refractivity contribution in [2.45, 2.75) is 70.3 Å². The van der Waals surface area contributed by atoms with Crippen LogP contribution in [0.2, 0.25) is 0 Å². The minimum Gasteiger partial charge on any atom is -0.462 e. The van der Waals surface area contributed by atoms with Crippen LogP contribution in [0.15, 0.2) is 12.2 Å². The summed E-state index contributed by atoms with van der Waals surface area (Å²) >= 11 is 0. The average molecular weight is 349 g/mol. The van der Waals surface area contributed by atoms with Crippen molar-refractivity contribution in [1.29, 1.82) is 0 Å². The molecule has 0 aromatic heterocycles. The third-order valence-corrected chi connectivity index (χ3v) is 6.20. The molecule has 4 bridgehead atoms. The predicted molar refractivity (Wildman–Crippen MR) is 94.7 cm³/mol. The SMILES string of the molecule is C=C(C)C(=O)OCCCCCNC(=O)C12CC3CC(CC(O)(C3)C1)C2. The molecule has 4 fully saturated rings. The van der Waals surface area contributed by atoms with Gasteiger partial charge in [-0.3, -0.25) is 4.79 Å². The lowest BCUT2D eigenvalue weighted by Crippen LogP contribution is -2.60. The molecule has 0 aromatic rings. The number of carbonyl (C=O) groups excluding carboxylic acids is 2. The van der Waals surface area contributed by atoms with Gasteiger partial charge in [0.05, 0.1) is 17.6 Å². The van der Waals surface area contributed by atoms with E-state index < -0.39 is 5.60 Å². The first-order valence-corrected chi connectivity index (χ1v) is 9.65. The number of hydrogen-bond acceptors (Lipinski definition) is 4. The highest BCUT2D eigenvalue weighted by molar-refractivity contribution is 5.86. The monoisotopic (exact) mass is 349 g/mol. The van der Waals surface area contributed by atoms with Crippen molar-refractivity contribution in [2.75, 3.05) is 13.2 Å². The summed E-state index contributed by atoms with van der Waals surface area (Å²) in [6.45, 7) is 6.24. The van der Waals surface area contributed by atoms with E-state index >= 15 is 0 Å². The lowest BCUT2D eigenvalue weighted by molar-refractivity contribution is -0.178. The number of esters is 1. The van der Waals surface area contributed by atoms with E-state index in [1.165, 1.54) is 6.42 Å². The molecule has 0 aliphatic heterocycles. The molecule has 4 rings (SSSR count). The molecule has 1 amide bonds. The lowest BCUT2D eigenvalue weighted by Gasteiger charge is -2.59. The Morgan fingerprint density at radius 1 is 1.16 bits per heavy atom. The maximum atomic E-state index is 12.8. The molecule has 5 nitrogen and oxygen atoms in total. The quantitative estimate of drug-likeness (QED) is 0.401. The third-order valence-electron chi connectivity index (χ3n) is 6.20. The smallest absolute Gasteiger partial charge is 0.333 e. The van der Waals surface area contributed by atoms with Crippen LogP contribution in [-0.4, -0.2) is 35.7 Å². The number of rotatable bonds is 8. The molecule has 0 aromatic carbocycles. The number of nitrogens with one attached hydrogen (secondary N) is 1. The normalized spacial score (nSPS) is 35.4. The Labute approximate surface area is 150 Å². The Kier molecular flexibility index (Phi) is 5.24. The fourth-order valence-corrected chi connectivity index (χ4v) is 5.56. The summed E-state index contributed by atoms with van der Waals surface area (Å²) in [5, 5.41) is 13.8. The van der Waals surface area contributed by atoms with Crippen molar-refractivity contribution in [3.63, 3.8) is 0 Å². The molecule has 0 saturated heterocycles. The second kappa shape index (κ2) is 7.10. The molecule has 4 saturated carbocycles. The van der Waals surface area contributed by atoms with E-state index in [1.807, 2.05) is 0 Å². The number of unbranched alkanes of at least 4 members (excludes halogenated alkanes) is 2. The highest BCUT2D eigenvalue weighted by Gasteiger charge is 2.59. The van der Waals surface area contributed by atoms with E-state index in [0.29, 0.717) is 37.0 Å². The van der Waals surface area contributed by atoms with Crippen LogP contribution in [0.5, 0.6) is 0 Å². The first kappa shape index (κ1) is 18.4. The van der Waals surface area contributed by atoms with Crippen molar-refractivity contribution in [1.82, 2.24) is 5.32 Å². The van der Waals surface area contributed by atoms with Crippen molar-refractivity contribution in [2.24, 2.45) is 17.3 Å². The van der Waals surface area contributed by atoms with Crippen LogP contribution in [0, 0.1) is 17.3 Å². The molecule has 4 aliphatic rings. The zero-order valence-corrected chi connectivity index (χ0v) is 15.3. The van der Waals surface area contributed by atoms with E-state index in [-0.39, 0.29) is 17.3 Å². The van der Waals surface area contributed by atoms with E-state index in [0.717, 1.165) is 44.9 Å². The molecule has 140 valence electrons. The summed E-state index contributed by atoms with van der Waals surface area (Å²) in [7, 11) is 0. The molecule has 25 heavy (non-hydrogen) atoms. The van der Waals surface area contributed by atoms with Gasteiger partial charge in [-0.05, 0) is 76.5 Å². The second-order valence-corrected chi connectivity index (χ2v) is 8.70. The first-order chi connectivity index (χ1) is 11.8. The summed E-state index contributed by atoms with van der Waals surface area (Å²) in [6, 6.07) is 0. The number of hydrogen-bond donors (Lipinski definition) is 2. The molecule has 0 spiro atoms. The van der Waals surface area contributed by atoms with Crippen LogP contribution in [0.4, 0.5) is 0 Å². The Balaban J connectivity index is 1.36. The Hall–Kier alpha value is -1.36. The van der Waals surface area contributed by atoms with Crippen LogP contribution < -0.4 is 5.32 Å². The zero-order valence-electron chi connectivity index (χ0n) is 15.3. The molecule has 0 heterocycles. The average Bonchev–Trinajstić information content (AvgIpc) is 2.50. The fraction of sp³-hybridized carbons (Fsp3) is 0.800. The van der Waals surface area contributed by atoms with Crippen LogP contribution in [0.25, 0.3) is 0 Å². The molecule has 2 N–H and O–H groups in total. The van der Waals surface area contributed by atoms with Gasteiger partial charge >= 0.3 is 5.97 Å². The van der Waals surface area contributed by atoms with Gasteiger partial charge in [0.1, 0.15) is 0 Å². The van der Waals surface area contributed by atoms with E-state index in [1.54, 1.807) is 6.92 Å². The summed E-state index contributed by atoms with van der Waals surface area (Å²) in [4.78, 5) is 24.0. The summed E-state index contributed by atoms with van der Waals surface area (Å²) in [5.74, 6) is 0.863. The lowest BCUT2D eigenvalue weighted by atomic mass is 9.47. The van der Waals surface area contributed by atoms with Crippen molar-refractivity contribution >= 4 is 11.9 Å². The highest BCUT2D eigenvalue weighted by Crippen LogP contribution is 2.61. The van der Waals surface area contributed by atoms with Gasteiger partial charge in [-0.15, -0.1) is 0 Å². The zero-order chi connectivity index (χ0) is 18.1. The topological polar surface area (TPSA) is 75.6 Å². The van der Waals surface area contributed by atoms with Gasteiger partial charge in [0, 0.05) is 12.1 Å². The van der Waals surface area contributed by atoms with Crippen molar-refractivity contribution < 1.29 is 19.4 Å². The van der Waals surface area contributed by atoms with Gasteiger partial charge in [0.15, 0.2) is 0 Å². The van der Waals surface area contributed by atoms with E-state index in [2.05, 4.69) is 11.9 Å². The largest absolute Gasteiger partial charge is 0.462 e.